The van der Waals surface area contributed by atoms with Crippen molar-refractivity contribution in [1.82, 2.24) is 0 Å². The fourth-order valence-corrected chi connectivity index (χ4v) is 1.01. The number of hydrogen-bond donors (Lipinski definition) is 1. The number of halogens is 1. The van der Waals surface area contributed by atoms with Gasteiger partial charge in [-0.15, -0.1) is 0 Å². The maximum atomic E-state index is 10.3. The van der Waals surface area contributed by atoms with Crippen molar-refractivity contribution in [2.75, 3.05) is 0 Å². The smallest absolute Gasteiger partial charge is 0.263 e. The molecule has 4 nitrogen and oxygen atoms in total. The van der Waals surface area contributed by atoms with E-state index < -0.39 is 5.91 Å². The quantitative estimate of drug-likeness (QED) is 0.642. The monoisotopic (exact) mass is 242 g/mol. The average molecular weight is 243 g/mol. The molecular weight excluding hydrogens is 236 g/mol. The topological polar surface area (TPSA) is 64.7 Å². The van der Waals surface area contributed by atoms with Crippen LogP contribution in [0.5, 0.6) is 5.75 Å². The number of carbonyl (C=O) groups is 1. The van der Waals surface area contributed by atoms with E-state index in [2.05, 4.69) is 21.1 Å². The highest BCUT2D eigenvalue weighted by molar-refractivity contribution is 9.10. The zero-order chi connectivity index (χ0) is 9.68. The van der Waals surface area contributed by atoms with Crippen molar-refractivity contribution in [3.8, 4) is 5.75 Å². The predicted molar refractivity (Wildman–Crippen MR) is 52.5 cm³/mol. The molecule has 0 aromatic heterocycles. The molecule has 0 bridgehead atoms. The van der Waals surface area contributed by atoms with Gasteiger partial charge in [0.1, 0.15) is 6.21 Å². The third kappa shape index (κ3) is 3.25. The van der Waals surface area contributed by atoms with Crippen molar-refractivity contribution in [3.63, 3.8) is 0 Å². The molecule has 5 heteroatoms. The van der Waals surface area contributed by atoms with Crippen LogP contribution in [0, 0.1) is 0 Å². The Labute approximate surface area is 83.5 Å². The van der Waals surface area contributed by atoms with Crippen LogP contribution < -0.4 is 10.6 Å². The molecule has 0 atom stereocenters. The molecule has 0 aliphatic heterocycles. The Kier molecular flexibility index (Phi) is 3.45. The van der Waals surface area contributed by atoms with Crippen LogP contribution in [-0.2, 0) is 4.79 Å². The van der Waals surface area contributed by atoms with Crippen molar-refractivity contribution >= 4 is 28.1 Å². The van der Waals surface area contributed by atoms with Gasteiger partial charge in [0.25, 0.3) is 5.91 Å². The van der Waals surface area contributed by atoms with Crippen LogP contribution in [0.3, 0.4) is 0 Å². The van der Waals surface area contributed by atoms with E-state index in [9.17, 15) is 4.79 Å². The summed E-state index contributed by atoms with van der Waals surface area (Å²) >= 11 is 3.25. The summed E-state index contributed by atoms with van der Waals surface area (Å²) in [4.78, 5) is 15.1. The van der Waals surface area contributed by atoms with Gasteiger partial charge in [0, 0.05) is 0 Å². The molecule has 0 unspecified atom stereocenters. The number of oxime groups is 1. The molecule has 0 fully saturated rings. The fourth-order valence-electron chi connectivity index (χ4n) is 0.654. The molecule has 0 aliphatic carbocycles. The first kappa shape index (κ1) is 9.73. The number of nitrogens with two attached hydrogens (primary N) is 1. The maximum absolute atomic E-state index is 10.3. The lowest BCUT2D eigenvalue weighted by Gasteiger charge is -1.98. The van der Waals surface area contributed by atoms with E-state index in [1.165, 1.54) is 0 Å². The van der Waals surface area contributed by atoms with E-state index in [0.29, 0.717) is 5.75 Å². The van der Waals surface area contributed by atoms with Crippen LogP contribution in [0.25, 0.3) is 0 Å². The molecule has 1 rings (SSSR count). The third-order valence-electron chi connectivity index (χ3n) is 1.17. The average Bonchev–Trinajstić information content (AvgIpc) is 2.08. The molecule has 1 aromatic rings. The summed E-state index contributed by atoms with van der Waals surface area (Å²) < 4.78 is 0.761. The van der Waals surface area contributed by atoms with Gasteiger partial charge in [-0.25, -0.2) is 0 Å². The molecule has 0 radical (unpaired) electrons. The number of primary amides is 1. The van der Waals surface area contributed by atoms with E-state index in [-0.39, 0.29) is 0 Å². The Morgan fingerprint density at radius 2 is 2.23 bits per heavy atom. The van der Waals surface area contributed by atoms with Crippen LogP contribution in [0.4, 0.5) is 0 Å². The van der Waals surface area contributed by atoms with Crippen LogP contribution >= 0.6 is 15.9 Å². The molecular formula is C8H7BrN2O2. The number of amides is 1. The SMILES string of the molecule is NC(=O)C=NOc1ccccc1Br. The van der Waals surface area contributed by atoms with Crippen LogP contribution in [0.1, 0.15) is 0 Å². The molecule has 0 aliphatic rings. The largest absolute Gasteiger partial charge is 0.365 e. The summed E-state index contributed by atoms with van der Waals surface area (Å²) in [6.07, 6.45) is 0.902. The van der Waals surface area contributed by atoms with Gasteiger partial charge in [0.15, 0.2) is 5.75 Å². The minimum Gasteiger partial charge on any atom is -0.365 e. The van der Waals surface area contributed by atoms with Crippen molar-refractivity contribution in [2.24, 2.45) is 10.9 Å². The summed E-state index contributed by atoms with van der Waals surface area (Å²) in [6.45, 7) is 0. The highest BCUT2D eigenvalue weighted by atomic mass is 79.9. The van der Waals surface area contributed by atoms with E-state index in [1.54, 1.807) is 18.2 Å². The number of nitrogens with zero attached hydrogens (tertiary/aromatic N) is 1. The van der Waals surface area contributed by atoms with Gasteiger partial charge in [-0.3, -0.25) is 4.79 Å². The molecule has 68 valence electrons. The first-order valence-electron chi connectivity index (χ1n) is 3.44. The Morgan fingerprint density at radius 3 is 2.85 bits per heavy atom. The molecule has 1 aromatic carbocycles. The van der Waals surface area contributed by atoms with E-state index in [0.717, 1.165) is 10.7 Å². The predicted octanol–water partition coefficient (Wildman–Crippen LogP) is 1.30. The lowest BCUT2D eigenvalue weighted by molar-refractivity contribution is -0.111. The number of hydrogen-bond acceptors (Lipinski definition) is 3. The zero-order valence-corrected chi connectivity index (χ0v) is 8.19. The summed E-state index contributed by atoms with van der Waals surface area (Å²) in [6, 6.07) is 7.14. The number of para-hydroxylation sites is 1. The van der Waals surface area contributed by atoms with Crippen molar-refractivity contribution in [3.05, 3.63) is 28.7 Å². The van der Waals surface area contributed by atoms with Gasteiger partial charge in [-0.05, 0) is 28.1 Å². The standard InChI is InChI=1S/C8H7BrN2O2/c9-6-3-1-2-4-7(6)13-11-5-8(10)12/h1-5H,(H2,10,12). The molecule has 0 spiro atoms. The van der Waals surface area contributed by atoms with Crippen LogP contribution in [-0.4, -0.2) is 12.1 Å². The Balaban J connectivity index is 2.64. The Morgan fingerprint density at radius 1 is 1.54 bits per heavy atom. The second kappa shape index (κ2) is 4.61. The molecule has 1 amide bonds. The van der Waals surface area contributed by atoms with E-state index >= 15 is 0 Å². The van der Waals surface area contributed by atoms with E-state index in [1.807, 2.05) is 6.07 Å². The van der Waals surface area contributed by atoms with Crippen molar-refractivity contribution < 1.29 is 9.63 Å². The van der Waals surface area contributed by atoms with Gasteiger partial charge in [0.05, 0.1) is 4.47 Å². The lowest BCUT2D eigenvalue weighted by Crippen LogP contribution is -2.11. The third-order valence-corrected chi connectivity index (χ3v) is 1.82. The summed E-state index contributed by atoms with van der Waals surface area (Å²) in [5, 5.41) is 3.37. The number of rotatable bonds is 3. The minimum absolute atomic E-state index is 0.528. The molecule has 13 heavy (non-hydrogen) atoms. The molecule has 2 N–H and O–H groups in total. The molecule has 0 heterocycles. The van der Waals surface area contributed by atoms with Crippen molar-refractivity contribution in [2.45, 2.75) is 0 Å². The molecule has 0 saturated carbocycles. The Hall–Kier alpha value is -1.36. The summed E-state index contributed by atoms with van der Waals surface area (Å²) in [5.74, 6) is -0.118. The number of benzene rings is 1. The van der Waals surface area contributed by atoms with E-state index in [4.69, 9.17) is 10.6 Å². The first-order chi connectivity index (χ1) is 6.20. The lowest BCUT2D eigenvalue weighted by atomic mass is 10.3. The Bertz CT molecular complexity index is 339. The van der Waals surface area contributed by atoms with Gasteiger partial charge < -0.3 is 10.6 Å². The zero-order valence-electron chi connectivity index (χ0n) is 6.61. The van der Waals surface area contributed by atoms with Gasteiger partial charge in [-0.2, -0.15) is 0 Å². The number of carbonyl (C=O) groups excluding carboxylic acids is 1. The summed E-state index contributed by atoms with van der Waals surface area (Å²) in [7, 11) is 0. The van der Waals surface area contributed by atoms with Gasteiger partial charge in [-0.1, -0.05) is 17.3 Å². The molecule has 0 saturated heterocycles. The summed E-state index contributed by atoms with van der Waals surface area (Å²) in [5.41, 5.74) is 4.81. The highest BCUT2D eigenvalue weighted by Crippen LogP contribution is 2.23. The first-order valence-corrected chi connectivity index (χ1v) is 4.24. The van der Waals surface area contributed by atoms with Crippen LogP contribution in [0.15, 0.2) is 33.9 Å². The second-order valence-corrected chi connectivity index (χ2v) is 3.01. The van der Waals surface area contributed by atoms with Gasteiger partial charge in [0.2, 0.25) is 0 Å². The van der Waals surface area contributed by atoms with Crippen LogP contribution in [0.2, 0.25) is 0 Å². The minimum atomic E-state index is -0.646. The van der Waals surface area contributed by atoms with Crippen molar-refractivity contribution in [1.29, 1.82) is 0 Å². The van der Waals surface area contributed by atoms with Gasteiger partial charge >= 0.3 is 0 Å². The normalized spacial score (nSPS) is 10.2. The maximum Gasteiger partial charge on any atom is 0.263 e. The second-order valence-electron chi connectivity index (χ2n) is 2.16. The fraction of sp³-hybridized carbons (Fsp3) is 0. The highest BCUT2D eigenvalue weighted by Gasteiger charge is 1.97.